The van der Waals surface area contributed by atoms with Gasteiger partial charge in [-0.3, -0.25) is 14.9 Å². The number of nitro benzene ring substituents is 1. The second kappa shape index (κ2) is 9.16. The van der Waals surface area contributed by atoms with Gasteiger partial charge in [-0.15, -0.1) is 11.8 Å². The Morgan fingerprint density at radius 2 is 1.84 bits per heavy atom. The van der Waals surface area contributed by atoms with Crippen LogP contribution in [0.15, 0.2) is 57.9 Å². The number of rotatable bonds is 7. The molecule has 3 rings (SSSR count). The predicted octanol–water partition coefficient (Wildman–Crippen LogP) is 4.89. The zero-order chi connectivity index (χ0) is 22.6. The molecule has 0 aliphatic heterocycles. The Morgan fingerprint density at radius 3 is 2.42 bits per heavy atom. The molecule has 31 heavy (non-hydrogen) atoms. The van der Waals surface area contributed by atoms with Crippen molar-refractivity contribution in [3.8, 4) is 11.4 Å². The van der Waals surface area contributed by atoms with Crippen molar-refractivity contribution >= 4 is 23.4 Å². The number of nitrogens with zero attached hydrogens (tertiary/aromatic N) is 3. The number of nitro groups is 1. The summed E-state index contributed by atoms with van der Waals surface area (Å²) in [5.74, 6) is -0.526. The van der Waals surface area contributed by atoms with E-state index in [2.05, 4.69) is 10.1 Å². The highest BCUT2D eigenvalue weighted by Crippen LogP contribution is 2.30. The maximum absolute atomic E-state index is 12.6. The number of benzene rings is 2. The van der Waals surface area contributed by atoms with E-state index in [0.717, 1.165) is 23.9 Å². The molecule has 0 amide bonds. The van der Waals surface area contributed by atoms with E-state index < -0.39 is 27.9 Å². The van der Waals surface area contributed by atoms with Crippen LogP contribution in [0.5, 0.6) is 0 Å². The molecular weight excluding hydrogens is 439 g/mol. The quantitative estimate of drug-likeness (QED) is 0.215. The molecule has 1 aromatic heterocycles. The molecule has 0 spiro atoms. The summed E-state index contributed by atoms with van der Waals surface area (Å²) >= 11 is 1.16. The molecule has 0 aliphatic carbocycles. The number of ether oxygens (including phenoxy) is 1. The summed E-state index contributed by atoms with van der Waals surface area (Å²) in [5.41, 5.74) is -0.537. The highest BCUT2D eigenvalue weighted by atomic mass is 32.2. The second-order valence-electron chi connectivity index (χ2n) is 6.21. The van der Waals surface area contributed by atoms with Gasteiger partial charge >= 0.3 is 12.1 Å². The minimum absolute atomic E-state index is 0.0178. The number of hydrogen-bond acceptors (Lipinski definition) is 8. The van der Waals surface area contributed by atoms with Crippen LogP contribution in [-0.2, 0) is 22.3 Å². The van der Waals surface area contributed by atoms with Crippen molar-refractivity contribution in [3.63, 3.8) is 0 Å². The molecule has 1 heterocycles. The third kappa shape index (κ3) is 5.81. The third-order valence-corrected chi connectivity index (χ3v) is 5.06. The van der Waals surface area contributed by atoms with Gasteiger partial charge in [0.1, 0.15) is 5.25 Å². The van der Waals surface area contributed by atoms with Crippen molar-refractivity contribution in [2.24, 2.45) is 0 Å². The Kier molecular flexibility index (Phi) is 6.59. The highest BCUT2D eigenvalue weighted by Gasteiger charge is 2.30. The van der Waals surface area contributed by atoms with Gasteiger partial charge in [-0.25, -0.2) is 0 Å². The maximum atomic E-state index is 12.6. The molecule has 0 radical (unpaired) electrons. The zero-order valence-electron chi connectivity index (χ0n) is 15.8. The minimum atomic E-state index is -4.45. The molecule has 0 aliphatic rings. The van der Waals surface area contributed by atoms with Crippen LogP contribution in [0.2, 0.25) is 0 Å². The van der Waals surface area contributed by atoms with E-state index in [1.165, 1.54) is 36.4 Å². The fraction of sp³-hybridized carbons (Fsp3) is 0.211. The first kappa shape index (κ1) is 22.3. The predicted molar refractivity (Wildman–Crippen MR) is 103 cm³/mol. The third-order valence-electron chi connectivity index (χ3n) is 3.97. The Balaban J connectivity index is 1.54. The maximum Gasteiger partial charge on any atom is 0.416 e. The first-order chi connectivity index (χ1) is 14.6. The number of aromatic nitrogens is 2. The summed E-state index contributed by atoms with van der Waals surface area (Å²) in [5, 5.41) is 13.7. The summed E-state index contributed by atoms with van der Waals surface area (Å²) in [6, 6.07) is 9.97. The van der Waals surface area contributed by atoms with Crippen LogP contribution in [0.3, 0.4) is 0 Å². The van der Waals surface area contributed by atoms with E-state index >= 15 is 0 Å². The molecule has 1 atom stereocenters. The normalized spacial score (nSPS) is 12.4. The highest BCUT2D eigenvalue weighted by molar-refractivity contribution is 8.00. The first-order valence-electron chi connectivity index (χ1n) is 8.71. The van der Waals surface area contributed by atoms with Crippen LogP contribution in [0.25, 0.3) is 11.4 Å². The van der Waals surface area contributed by atoms with Crippen LogP contribution >= 0.6 is 11.8 Å². The lowest BCUT2D eigenvalue weighted by molar-refractivity contribution is -0.384. The molecule has 0 N–H and O–H groups in total. The summed E-state index contributed by atoms with van der Waals surface area (Å²) in [6.07, 6.45) is -4.45. The molecule has 8 nitrogen and oxygen atoms in total. The second-order valence-corrected chi connectivity index (χ2v) is 7.62. The number of carbonyl (C=O) groups is 1. The SMILES string of the molecule is CC(Sc1ccc([N+](=O)[O-])cc1)C(=O)OCc1nc(-c2ccc(C(F)(F)F)cc2)no1. The van der Waals surface area contributed by atoms with Crippen LogP contribution in [0, 0.1) is 10.1 Å². The fourth-order valence-electron chi connectivity index (χ4n) is 2.39. The molecule has 1 unspecified atom stereocenters. The average Bonchev–Trinajstić information content (AvgIpc) is 3.21. The van der Waals surface area contributed by atoms with E-state index in [0.29, 0.717) is 10.5 Å². The Morgan fingerprint density at radius 1 is 1.19 bits per heavy atom. The monoisotopic (exact) mass is 453 g/mol. The van der Waals surface area contributed by atoms with Crippen molar-refractivity contribution in [3.05, 3.63) is 70.1 Å². The fourth-order valence-corrected chi connectivity index (χ4v) is 3.25. The zero-order valence-corrected chi connectivity index (χ0v) is 16.6. The molecule has 162 valence electrons. The molecule has 0 bridgehead atoms. The minimum Gasteiger partial charge on any atom is -0.455 e. The van der Waals surface area contributed by atoms with Crippen molar-refractivity contribution in [2.75, 3.05) is 0 Å². The molecular formula is C19H14F3N3O5S. The lowest BCUT2D eigenvalue weighted by atomic mass is 10.1. The van der Waals surface area contributed by atoms with Crippen LogP contribution in [0.4, 0.5) is 18.9 Å². The standard InChI is InChI=1S/C19H14F3N3O5S/c1-11(31-15-8-6-14(7-9-15)25(27)28)18(26)29-10-16-23-17(24-30-16)12-2-4-13(5-3-12)19(20,21)22/h2-9,11H,10H2,1H3. The van der Waals surface area contributed by atoms with Crippen molar-refractivity contribution in [1.29, 1.82) is 0 Å². The average molecular weight is 453 g/mol. The summed E-state index contributed by atoms with van der Waals surface area (Å²) in [4.78, 5) is 27.0. The van der Waals surface area contributed by atoms with Gasteiger partial charge in [0, 0.05) is 22.6 Å². The van der Waals surface area contributed by atoms with Gasteiger partial charge in [-0.1, -0.05) is 17.3 Å². The van der Waals surface area contributed by atoms with E-state index in [-0.39, 0.29) is 24.0 Å². The van der Waals surface area contributed by atoms with E-state index in [9.17, 15) is 28.1 Å². The van der Waals surface area contributed by atoms with Crippen LogP contribution < -0.4 is 0 Å². The Labute approximate surface area is 177 Å². The molecule has 2 aromatic carbocycles. The van der Waals surface area contributed by atoms with Gasteiger partial charge < -0.3 is 9.26 Å². The Bertz CT molecular complexity index is 1070. The van der Waals surface area contributed by atoms with Crippen LogP contribution in [0.1, 0.15) is 18.4 Å². The molecule has 0 saturated carbocycles. The lowest BCUT2D eigenvalue weighted by Crippen LogP contribution is -2.16. The van der Waals surface area contributed by atoms with Gasteiger partial charge in [-0.2, -0.15) is 18.2 Å². The van der Waals surface area contributed by atoms with Gasteiger partial charge in [-0.05, 0) is 31.2 Å². The number of esters is 1. The number of carbonyl (C=O) groups excluding carboxylic acids is 1. The van der Waals surface area contributed by atoms with Crippen molar-refractivity contribution in [1.82, 2.24) is 10.1 Å². The van der Waals surface area contributed by atoms with Gasteiger partial charge in [0.25, 0.3) is 11.6 Å². The van der Waals surface area contributed by atoms with Gasteiger partial charge in [0.2, 0.25) is 5.82 Å². The summed E-state index contributed by atoms with van der Waals surface area (Å²) in [6.45, 7) is 1.30. The van der Waals surface area contributed by atoms with Crippen LogP contribution in [-0.4, -0.2) is 26.3 Å². The summed E-state index contributed by atoms with van der Waals surface area (Å²) in [7, 11) is 0. The number of non-ortho nitro benzene ring substituents is 1. The largest absolute Gasteiger partial charge is 0.455 e. The number of thioether (sulfide) groups is 1. The van der Waals surface area contributed by atoms with E-state index in [1.54, 1.807) is 6.92 Å². The molecule has 0 fully saturated rings. The Hall–Kier alpha value is -3.41. The first-order valence-corrected chi connectivity index (χ1v) is 9.59. The lowest BCUT2D eigenvalue weighted by Gasteiger charge is -2.09. The van der Waals surface area contributed by atoms with E-state index in [1.807, 2.05) is 0 Å². The topological polar surface area (TPSA) is 108 Å². The smallest absolute Gasteiger partial charge is 0.416 e. The van der Waals surface area contributed by atoms with Gasteiger partial charge in [0.05, 0.1) is 10.5 Å². The molecule has 12 heteroatoms. The molecule has 3 aromatic rings. The van der Waals surface area contributed by atoms with Crippen molar-refractivity contribution in [2.45, 2.75) is 29.9 Å². The van der Waals surface area contributed by atoms with Crippen molar-refractivity contribution < 1.29 is 32.1 Å². The number of hydrogen-bond donors (Lipinski definition) is 0. The number of halogens is 3. The van der Waals surface area contributed by atoms with E-state index in [4.69, 9.17) is 9.26 Å². The number of alkyl halides is 3. The summed E-state index contributed by atoms with van der Waals surface area (Å²) < 4.78 is 48.0. The van der Waals surface area contributed by atoms with Gasteiger partial charge in [0.15, 0.2) is 6.61 Å². The molecule has 0 saturated heterocycles.